The monoisotopic (exact) mass is 257 g/mol. The van der Waals surface area contributed by atoms with Crippen molar-refractivity contribution in [3.63, 3.8) is 0 Å². The van der Waals surface area contributed by atoms with Gasteiger partial charge in [-0.05, 0) is 30.7 Å². The summed E-state index contributed by atoms with van der Waals surface area (Å²) in [4.78, 5) is 11.8. The van der Waals surface area contributed by atoms with Crippen LogP contribution in [0, 0.1) is 6.92 Å². The Bertz CT molecular complexity index is 591. The Kier molecular flexibility index (Phi) is 3.71. The number of benzene rings is 2. The second kappa shape index (κ2) is 5.44. The number of carbonyl (C=O) groups is 1. The topological polar surface area (TPSA) is 69.6 Å². The van der Waals surface area contributed by atoms with Crippen LogP contribution in [0.15, 0.2) is 42.5 Å². The minimum atomic E-state index is -0.303. The summed E-state index contributed by atoms with van der Waals surface area (Å²) in [5, 5.41) is 21.3. The number of carbonyl (C=O) groups excluding carboxylic acids is 1. The van der Waals surface area contributed by atoms with Crippen LogP contribution in [0.25, 0.3) is 0 Å². The van der Waals surface area contributed by atoms with Crippen LogP contribution in [0.3, 0.4) is 0 Å². The molecule has 0 aliphatic heterocycles. The Hall–Kier alpha value is -2.49. The van der Waals surface area contributed by atoms with Crippen molar-refractivity contribution in [2.75, 3.05) is 0 Å². The lowest BCUT2D eigenvalue weighted by Gasteiger charge is -2.06. The molecule has 0 aromatic heterocycles. The minimum Gasteiger partial charge on any atom is -0.504 e. The van der Waals surface area contributed by atoms with Crippen molar-refractivity contribution in [2.24, 2.45) is 0 Å². The van der Waals surface area contributed by atoms with Gasteiger partial charge in [-0.3, -0.25) is 4.79 Å². The van der Waals surface area contributed by atoms with Crippen LogP contribution in [-0.4, -0.2) is 16.1 Å². The molecule has 0 atom stereocenters. The third-order valence-corrected chi connectivity index (χ3v) is 2.81. The Morgan fingerprint density at radius 2 is 1.74 bits per heavy atom. The van der Waals surface area contributed by atoms with Gasteiger partial charge in [0, 0.05) is 12.1 Å². The summed E-state index contributed by atoms with van der Waals surface area (Å²) in [5.74, 6) is -0.839. The fourth-order valence-corrected chi connectivity index (χ4v) is 1.66. The average molecular weight is 257 g/mol. The van der Waals surface area contributed by atoms with Gasteiger partial charge in [-0.1, -0.05) is 29.8 Å². The van der Waals surface area contributed by atoms with Crippen LogP contribution in [0.2, 0.25) is 0 Å². The maximum atomic E-state index is 11.8. The molecular formula is C15H15NO3. The minimum absolute atomic E-state index is 0.241. The zero-order valence-electron chi connectivity index (χ0n) is 10.6. The summed E-state index contributed by atoms with van der Waals surface area (Å²) in [7, 11) is 0. The fraction of sp³-hybridized carbons (Fsp3) is 0.133. The molecule has 0 heterocycles. The molecule has 4 nitrogen and oxygen atoms in total. The van der Waals surface area contributed by atoms with Crippen LogP contribution >= 0.6 is 0 Å². The predicted octanol–water partition coefficient (Wildman–Crippen LogP) is 2.34. The standard InChI is InChI=1S/C15H15NO3/c1-10-2-4-11(5-3-10)9-16-15(19)12-6-7-13(17)14(18)8-12/h2-8,17-18H,9H2,1H3,(H,16,19). The number of aryl methyl sites for hydroxylation is 1. The summed E-state index contributed by atoms with van der Waals surface area (Å²) in [6.45, 7) is 2.42. The number of rotatable bonds is 3. The highest BCUT2D eigenvalue weighted by Gasteiger charge is 2.08. The first kappa shape index (κ1) is 13.0. The first-order chi connectivity index (χ1) is 9.06. The lowest BCUT2D eigenvalue weighted by molar-refractivity contribution is 0.0950. The summed E-state index contributed by atoms with van der Waals surface area (Å²) in [6.07, 6.45) is 0. The molecule has 0 fully saturated rings. The van der Waals surface area contributed by atoms with Gasteiger partial charge < -0.3 is 15.5 Å². The molecule has 0 bridgehead atoms. The molecule has 0 saturated carbocycles. The quantitative estimate of drug-likeness (QED) is 0.739. The third-order valence-electron chi connectivity index (χ3n) is 2.81. The van der Waals surface area contributed by atoms with E-state index in [0.29, 0.717) is 12.1 Å². The largest absolute Gasteiger partial charge is 0.504 e. The molecule has 2 aromatic carbocycles. The van der Waals surface area contributed by atoms with E-state index in [1.54, 1.807) is 0 Å². The molecular weight excluding hydrogens is 242 g/mol. The van der Waals surface area contributed by atoms with E-state index in [9.17, 15) is 15.0 Å². The molecule has 0 aliphatic rings. The maximum Gasteiger partial charge on any atom is 0.251 e. The van der Waals surface area contributed by atoms with E-state index in [0.717, 1.165) is 5.56 Å². The normalized spacial score (nSPS) is 10.2. The van der Waals surface area contributed by atoms with E-state index in [1.807, 2.05) is 31.2 Å². The molecule has 0 aliphatic carbocycles. The smallest absolute Gasteiger partial charge is 0.251 e. The van der Waals surface area contributed by atoms with Crippen LogP contribution < -0.4 is 5.32 Å². The molecule has 3 N–H and O–H groups in total. The molecule has 19 heavy (non-hydrogen) atoms. The van der Waals surface area contributed by atoms with E-state index in [-0.39, 0.29) is 17.4 Å². The fourth-order valence-electron chi connectivity index (χ4n) is 1.66. The van der Waals surface area contributed by atoms with Gasteiger partial charge in [0.2, 0.25) is 0 Å². The molecule has 4 heteroatoms. The number of amides is 1. The highest BCUT2D eigenvalue weighted by Crippen LogP contribution is 2.24. The van der Waals surface area contributed by atoms with Crippen molar-refractivity contribution in [1.82, 2.24) is 5.32 Å². The first-order valence-corrected chi connectivity index (χ1v) is 5.92. The maximum absolute atomic E-state index is 11.8. The van der Waals surface area contributed by atoms with Gasteiger partial charge in [0.25, 0.3) is 5.91 Å². The average Bonchev–Trinajstić information content (AvgIpc) is 2.41. The Labute approximate surface area is 111 Å². The molecule has 0 unspecified atom stereocenters. The second-order valence-corrected chi connectivity index (χ2v) is 4.37. The number of hydrogen-bond donors (Lipinski definition) is 3. The van der Waals surface area contributed by atoms with Crippen molar-refractivity contribution in [2.45, 2.75) is 13.5 Å². The Balaban J connectivity index is 2.01. The van der Waals surface area contributed by atoms with Gasteiger partial charge >= 0.3 is 0 Å². The molecule has 2 aromatic rings. The lowest BCUT2D eigenvalue weighted by Crippen LogP contribution is -2.22. The summed E-state index contributed by atoms with van der Waals surface area (Å²) in [5.41, 5.74) is 2.47. The van der Waals surface area contributed by atoms with Crippen LogP contribution in [0.1, 0.15) is 21.5 Å². The molecule has 0 radical (unpaired) electrons. The van der Waals surface area contributed by atoms with E-state index >= 15 is 0 Å². The zero-order chi connectivity index (χ0) is 13.8. The van der Waals surface area contributed by atoms with Crippen LogP contribution in [0.5, 0.6) is 11.5 Å². The highest BCUT2D eigenvalue weighted by atomic mass is 16.3. The van der Waals surface area contributed by atoms with E-state index in [1.165, 1.54) is 23.8 Å². The Morgan fingerprint density at radius 3 is 2.37 bits per heavy atom. The second-order valence-electron chi connectivity index (χ2n) is 4.37. The Morgan fingerprint density at radius 1 is 1.05 bits per heavy atom. The summed E-state index contributed by atoms with van der Waals surface area (Å²) < 4.78 is 0. The highest BCUT2D eigenvalue weighted by molar-refractivity contribution is 5.94. The van der Waals surface area contributed by atoms with E-state index in [2.05, 4.69) is 5.32 Å². The molecule has 0 saturated heterocycles. The molecule has 1 amide bonds. The first-order valence-electron chi connectivity index (χ1n) is 5.92. The number of aromatic hydroxyl groups is 2. The number of nitrogens with one attached hydrogen (secondary N) is 1. The SMILES string of the molecule is Cc1ccc(CNC(=O)c2ccc(O)c(O)c2)cc1. The van der Waals surface area contributed by atoms with Crippen LogP contribution in [-0.2, 0) is 6.54 Å². The van der Waals surface area contributed by atoms with E-state index < -0.39 is 0 Å². The molecule has 98 valence electrons. The van der Waals surface area contributed by atoms with E-state index in [4.69, 9.17) is 0 Å². The predicted molar refractivity (Wildman–Crippen MR) is 72.1 cm³/mol. The van der Waals surface area contributed by atoms with Crippen molar-refractivity contribution in [3.8, 4) is 11.5 Å². The third kappa shape index (κ3) is 3.25. The molecule has 2 rings (SSSR count). The van der Waals surface area contributed by atoms with Gasteiger partial charge in [-0.25, -0.2) is 0 Å². The number of hydrogen-bond acceptors (Lipinski definition) is 3. The van der Waals surface area contributed by atoms with Gasteiger partial charge in [0.15, 0.2) is 11.5 Å². The van der Waals surface area contributed by atoms with Gasteiger partial charge in [0.1, 0.15) is 0 Å². The number of phenols is 2. The lowest BCUT2D eigenvalue weighted by atomic mass is 10.1. The summed E-state index contributed by atoms with van der Waals surface area (Å²) in [6, 6.07) is 11.8. The summed E-state index contributed by atoms with van der Waals surface area (Å²) >= 11 is 0. The van der Waals surface area contributed by atoms with Crippen LogP contribution in [0.4, 0.5) is 0 Å². The number of phenolic OH excluding ortho intramolecular Hbond substituents is 2. The van der Waals surface area contributed by atoms with Crippen molar-refractivity contribution >= 4 is 5.91 Å². The zero-order valence-corrected chi connectivity index (χ0v) is 10.6. The molecule has 0 spiro atoms. The van der Waals surface area contributed by atoms with Crippen molar-refractivity contribution in [1.29, 1.82) is 0 Å². The van der Waals surface area contributed by atoms with Crippen molar-refractivity contribution < 1.29 is 15.0 Å². The van der Waals surface area contributed by atoms with Gasteiger partial charge in [-0.2, -0.15) is 0 Å². The van der Waals surface area contributed by atoms with Crippen molar-refractivity contribution in [3.05, 3.63) is 59.2 Å². The van der Waals surface area contributed by atoms with Gasteiger partial charge in [-0.15, -0.1) is 0 Å². The van der Waals surface area contributed by atoms with Gasteiger partial charge in [0.05, 0.1) is 0 Å².